The van der Waals surface area contributed by atoms with Gasteiger partial charge >= 0.3 is 16.8 Å². The number of hydrogen-bond donors (Lipinski definition) is 0. The molecule has 0 radical (unpaired) electrons. The first-order valence-electron chi connectivity index (χ1n) is 18.5. The molecule has 6 aromatic rings. The predicted molar refractivity (Wildman–Crippen MR) is 230 cm³/mol. The molecule has 0 bridgehead atoms. The zero-order valence-corrected chi connectivity index (χ0v) is 35.6. The molecule has 0 aromatic heterocycles. The fraction of sp³-hybridized carbons (Fsp3) is 0.250. The van der Waals surface area contributed by atoms with Crippen molar-refractivity contribution in [3.05, 3.63) is 164 Å². The third-order valence-corrected chi connectivity index (χ3v) is 13.3. The Labute approximate surface area is 325 Å². The van der Waals surface area contributed by atoms with Crippen LogP contribution in [0.5, 0.6) is 23.0 Å². The van der Waals surface area contributed by atoms with E-state index in [1.54, 1.807) is 0 Å². The van der Waals surface area contributed by atoms with E-state index in [4.69, 9.17) is 18.1 Å². The van der Waals surface area contributed by atoms with Gasteiger partial charge in [-0.05, 0) is 210 Å². The first-order chi connectivity index (χ1) is 25.7. The molecule has 54 heavy (non-hydrogen) atoms. The van der Waals surface area contributed by atoms with Gasteiger partial charge in [0, 0.05) is 0 Å². The lowest BCUT2D eigenvalue weighted by Crippen LogP contribution is -2.12. The smallest absolute Gasteiger partial charge is 0.326 e. The van der Waals surface area contributed by atoms with E-state index in [9.17, 15) is 0 Å². The Bertz CT molecular complexity index is 2030. The van der Waals surface area contributed by atoms with Crippen LogP contribution < -0.4 is 28.7 Å². The van der Waals surface area contributed by atoms with E-state index < -0.39 is 16.8 Å². The van der Waals surface area contributed by atoms with Crippen LogP contribution in [0, 0.1) is 83.1 Å². The van der Waals surface area contributed by atoms with Crippen LogP contribution in [0.4, 0.5) is 0 Å². The van der Waals surface area contributed by atoms with E-state index in [2.05, 4.69) is 180 Å². The molecule has 6 heteroatoms. The molecule has 6 rings (SSSR count). The standard InChI is InChI=1S/C48H52O4P2/c1-29-21-37(9)45(25-33(29)5)49-53(50-46-26-34(6)30(2)22-38(46)10)43-17-13-41(14-18-43)42-15-19-44(20-16-42)54(51-47-27-35(7)31(3)23-39(47)11)52-48-28-36(8)32(4)24-40(48)12/h13-28H,1-12H3. The lowest BCUT2D eigenvalue weighted by atomic mass is 10.1. The van der Waals surface area contributed by atoms with Crippen LogP contribution in [0.2, 0.25) is 0 Å². The first kappa shape index (κ1) is 39.1. The number of rotatable bonds is 11. The molecule has 0 aliphatic rings. The second-order valence-electron chi connectivity index (χ2n) is 14.8. The molecule has 4 nitrogen and oxygen atoms in total. The topological polar surface area (TPSA) is 36.9 Å². The molecule has 278 valence electrons. The van der Waals surface area contributed by atoms with E-state index in [0.717, 1.165) is 67.0 Å². The molecule has 0 aliphatic heterocycles. The van der Waals surface area contributed by atoms with Gasteiger partial charge in [0.15, 0.2) is 0 Å². The first-order valence-corrected chi connectivity index (χ1v) is 20.9. The molecule has 0 spiro atoms. The summed E-state index contributed by atoms with van der Waals surface area (Å²) in [5.41, 5.74) is 16.3. The van der Waals surface area contributed by atoms with Crippen LogP contribution in [0.15, 0.2) is 97.1 Å². The Balaban J connectivity index is 1.30. The molecule has 0 fully saturated rings. The fourth-order valence-corrected chi connectivity index (χ4v) is 9.07. The predicted octanol–water partition coefficient (Wildman–Crippen LogP) is 13.2. The van der Waals surface area contributed by atoms with Gasteiger partial charge in [0.05, 0.1) is 10.6 Å². The summed E-state index contributed by atoms with van der Waals surface area (Å²) in [6.07, 6.45) is 0. The Hall–Kier alpha value is -4.62. The Morgan fingerprint density at radius 1 is 0.259 bits per heavy atom. The van der Waals surface area contributed by atoms with Crippen molar-refractivity contribution in [3.8, 4) is 34.1 Å². The highest BCUT2D eigenvalue weighted by Gasteiger charge is 2.23. The number of aryl methyl sites for hydroxylation is 12. The van der Waals surface area contributed by atoms with E-state index in [1.807, 2.05) is 0 Å². The average Bonchev–Trinajstić information content (AvgIpc) is 3.13. The van der Waals surface area contributed by atoms with Crippen LogP contribution in [-0.2, 0) is 0 Å². The van der Waals surface area contributed by atoms with Gasteiger partial charge in [-0.15, -0.1) is 0 Å². The van der Waals surface area contributed by atoms with Crippen LogP contribution >= 0.6 is 16.8 Å². The zero-order valence-electron chi connectivity index (χ0n) is 33.8. The van der Waals surface area contributed by atoms with E-state index in [1.165, 1.54) is 44.5 Å². The van der Waals surface area contributed by atoms with Gasteiger partial charge in [-0.1, -0.05) is 48.5 Å². The summed E-state index contributed by atoms with van der Waals surface area (Å²) in [6, 6.07) is 34.3. The van der Waals surface area contributed by atoms with Gasteiger partial charge in [0.25, 0.3) is 0 Å². The van der Waals surface area contributed by atoms with E-state index >= 15 is 0 Å². The van der Waals surface area contributed by atoms with Gasteiger partial charge in [0.1, 0.15) is 23.0 Å². The molecule has 0 amide bonds. The van der Waals surface area contributed by atoms with Crippen LogP contribution in [0.1, 0.15) is 66.8 Å². The highest BCUT2D eigenvalue weighted by Crippen LogP contribution is 2.45. The Kier molecular flexibility index (Phi) is 11.9. The molecule has 6 aromatic carbocycles. The molecule has 0 heterocycles. The fourth-order valence-electron chi connectivity index (χ4n) is 6.29. The minimum Gasteiger partial charge on any atom is -0.435 e. The van der Waals surface area contributed by atoms with Gasteiger partial charge in [-0.2, -0.15) is 0 Å². The quantitative estimate of drug-likeness (QED) is 0.123. The third kappa shape index (κ3) is 8.84. The van der Waals surface area contributed by atoms with Crippen LogP contribution in [0.25, 0.3) is 11.1 Å². The monoisotopic (exact) mass is 754 g/mol. The zero-order chi connectivity index (χ0) is 38.8. The lowest BCUT2D eigenvalue weighted by Gasteiger charge is -2.23. The minimum atomic E-state index is -1.47. The van der Waals surface area contributed by atoms with Crippen molar-refractivity contribution in [2.24, 2.45) is 0 Å². The maximum absolute atomic E-state index is 6.74. The summed E-state index contributed by atoms with van der Waals surface area (Å²) in [7, 11) is -2.95. The van der Waals surface area contributed by atoms with Gasteiger partial charge < -0.3 is 18.1 Å². The van der Waals surface area contributed by atoms with E-state index in [0.29, 0.717) is 0 Å². The van der Waals surface area contributed by atoms with Gasteiger partial charge in [-0.3, -0.25) is 0 Å². The lowest BCUT2D eigenvalue weighted by molar-refractivity contribution is 0.496. The van der Waals surface area contributed by atoms with Crippen molar-refractivity contribution in [2.75, 3.05) is 0 Å². The Morgan fingerprint density at radius 2 is 0.463 bits per heavy atom. The van der Waals surface area contributed by atoms with Crippen molar-refractivity contribution in [1.29, 1.82) is 0 Å². The normalized spacial score (nSPS) is 11.3. The van der Waals surface area contributed by atoms with Gasteiger partial charge in [0.2, 0.25) is 0 Å². The number of benzene rings is 6. The SMILES string of the molecule is Cc1cc(C)c(OP(Oc2cc(C)c(C)cc2C)c2ccc(-c3ccc(P(Oc4cc(C)c(C)cc4C)Oc4cc(C)c(C)cc4C)cc3)cc2)cc1C. The maximum Gasteiger partial charge on any atom is 0.326 e. The summed E-state index contributed by atoms with van der Waals surface area (Å²) in [6.45, 7) is 25.4. The van der Waals surface area contributed by atoms with Crippen molar-refractivity contribution in [3.63, 3.8) is 0 Å². The summed E-state index contributed by atoms with van der Waals surface area (Å²) < 4.78 is 27.0. The van der Waals surface area contributed by atoms with Crippen molar-refractivity contribution >= 4 is 27.4 Å². The van der Waals surface area contributed by atoms with Crippen LogP contribution in [-0.4, -0.2) is 0 Å². The molecule has 0 atom stereocenters. The van der Waals surface area contributed by atoms with Crippen molar-refractivity contribution in [2.45, 2.75) is 83.1 Å². The summed E-state index contributed by atoms with van der Waals surface area (Å²) in [5, 5.41) is 2.00. The summed E-state index contributed by atoms with van der Waals surface area (Å²) >= 11 is 0. The highest BCUT2D eigenvalue weighted by atomic mass is 31.2. The summed E-state index contributed by atoms with van der Waals surface area (Å²) in [5.74, 6) is 3.38. The van der Waals surface area contributed by atoms with Crippen molar-refractivity contribution < 1.29 is 18.1 Å². The second kappa shape index (κ2) is 16.4. The molecule has 0 N–H and O–H groups in total. The Morgan fingerprint density at radius 3 is 0.685 bits per heavy atom. The second-order valence-corrected chi connectivity index (χ2v) is 17.6. The average molecular weight is 755 g/mol. The molecule has 0 aliphatic carbocycles. The highest BCUT2D eigenvalue weighted by molar-refractivity contribution is 7.57. The minimum absolute atomic E-state index is 0.846. The molecular weight excluding hydrogens is 702 g/mol. The molecule has 0 saturated carbocycles. The molecule has 0 unspecified atom stereocenters. The molecule has 0 saturated heterocycles. The van der Waals surface area contributed by atoms with Gasteiger partial charge in [-0.25, -0.2) is 0 Å². The molecular formula is C48H52O4P2. The van der Waals surface area contributed by atoms with Crippen LogP contribution in [0.3, 0.4) is 0 Å². The van der Waals surface area contributed by atoms with Crippen molar-refractivity contribution in [1.82, 2.24) is 0 Å². The largest absolute Gasteiger partial charge is 0.435 e. The van der Waals surface area contributed by atoms with E-state index in [-0.39, 0.29) is 0 Å². The third-order valence-electron chi connectivity index (χ3n) is 10.4. The number of hydrogen-bond acceptors (Lipinski definition) is 4. The maximum atomic E-state index is 6.74. The summed E-state index contributed by atoms with van der Waals surface area (Å²) in [4.78, 5) is 0.